The van der Waals surface area contributed by atoms with Crippen molar-refractivity contribution in [3.63, 3.8) is 0 Å². The van der Waals surface area contributed by atoms with Crippen molar-refractivity contribution in [2.75, 3.05) is 0 Å². The summed E-state index contributed by atoms with van der Waals surface area (Å²) in [6.45, 7) is 0. The summed E-state index contributed by atoms with van der Waals surface area (Å²) >= 11 is 0. The molecule has 4 rings (SSSR count). The number of phenolic OH excluding ortho intramolecular Hbond substituents is 1. The van der Waals surface area contributed by atoms with Gasteiger partial charge >= 0.3 is 5.69 Å². The summed E-state index contributed by atoms with van der Waals surface area (Å²) < 4.78 is 1.51. The maximum Gasteiger partial charge on any atom is 0.330 e. The van der Waals surface area contributed by atoms with E-state index in [1.807, 2.05) is 6.07 Å². The number of benzene rings is 2. The van der Waals surface area contributed by atoms with Gasteiger partial charge in [-0.3, -0.25) is 14.3 Å². The molecule has 0 saturated carbocycles. The van der Waals surface area contributed by atoms with Crippen LogP contribution in [0.4, 0.5) is 0 Å². The molecule has 0 bridgehead atoms. The number of aromatic nitrogens is 3. The van der Waals surface area contributed by atoms with Crippen molar-refractivity contribution in [2.24, 2.45) is 0 Å². The van der Waals surface area contributed by atoms with Crippen LogP contribution in [0, 0.1) is 0 Å². The third-order valence-electron chi connectivity index (χ3n) is 4.42. The minimum absolute atomic E-state index is 0.136. The molecule has 4 aromatic rings. The van der Waals surface area contributed by atoms with Gasteiger partial charge < -0.3 is 10.1 Å². The zero-order valence-corrected chi connectivity index (χ0v) is 15.3. The zero-order chi connectivity index (χ0) is 20.2. The van der Waals surface area contributed by atoms with E-state index in [0.717, 1.165) is 11.1 Å². The van der Waals surface area contributed by atoms with Crippen molar-refractivity contribution in [1.82, 2.24) is 14.5 Å². The number of nitrogens with one attached hydrogen (secondary N) is 1. The Morgan fingerprint density at radius 2 is 1.93 bits per heavy atom. The van der Waals surface area contributed by atoms with E-state index >= 15 is 0 Å². The number of hydrogen-bond acceptors (Lipinski definition) is 4. The molecule has 0 aliphatic rings. The Morgan fingerprint density at radius 3 is 2.72 bits per heavy atom. The number of imidazole rings is 1. The molecule has 0 spiro atoms. The second-order valence-corrected chi connectivity index (χ2v) is 6.40. The van der Waals surface area contributed by atoms with Gasteiger partial charge in [-0.15, -0.1) is 0 Å². The minimum atomic E-state index is -0.302. The molecule has 6 heteroatoms. The van der Waals surface area contributed by atoms with Crippen LogP contribution in [0.15, 0.2) is 90.1 Å². The number of carbonyl (C=O) groups excluding carboxylic acids is 1. The quantitative estimate of drug-likeness (QED) is 0.405. The highest BCUT2D eigenvalue weighted by Gasteiger charge is 2.12. The van der Waals surface area contributed by atoms with Gasteiger partial charge in [0.25, 0.3) is 0 Å². The molecule has 142 valence electrons. The molecule has 0 aliphatic heterocycles. The summed E-state index contributed by atoms with van der Waals surface area (Å²) in [5.41, 5.74) is 2.88. The van der Waals surface area contributed by atoms with Crippen LogP contribution in [0.1, 0.15) is 15.9 Å². The minimum Gasteiger partial charge on any atom is -0.508 e. The number of aromatic amines is 1. The Labute approximate surface area is 166 Å². The van der Waals surface area contributed by atoms with E-state index in [9.17, 15) is 14.7 Å². The number of allylic oxidation sites excluding steroid dienone is 1. The highest BCUT2D eigenvalue weighted by atomic mass is 16.3. The number of ketones is 1. The van der Waals surface area contributed by atoms with Gasteiger partial charge in [0.2, 0.25) is 0 Å². The molecule has 0 fully saturated rings. The molecular formula is C23H17N3O3. The third kappa shape index (κ3) is 3.91. The van der Waals surface area contributed by atoms with Crippen LogP contribution in [0.3, 0.4) is 0 Å². The Hall–Kier alpha value is -4.19. The Kier molecular flexibility index (Phi) is 4.90. The van der Waals surface area contributed by atoms with Gasteiger partial charge in [0.1, 0.15) is 5.75 Å². The van der Waals surface area contributed by atoms with Crippen LogP contribution in [-0.2, 0) is 0 Å². The first-order valence-corrected chi connectivity index (χ1v) is 8.94. The van der Waals surface area contributed by atoms with Gasteiger partial charge in [0, 0.05) is 29.7 Å². The maximum absolute atomic E-state index is 12.6. The highest BCUT2D eigenvalue weighted by molar-refractivity contribution is 6.07. The van der Waals surface area contributed by atoms with E-state index in [1.165, 1.54) is 10.6 Å². The lowest BCUT2D eigenvalue weighted by Crippen LogP contribution is -2.16. The van der Waals surface area contributed by atoms with Crippen molar-refractivity contribution in [2.45, 2.75) is 0 Å². The standard InChI is InChI=1S/C23H17N3O3/c27-20-8-1-4-16(12-20)9-10-22(28)17-5-2-7-19(13-17)26-21(15-25-23(26)29)18-6-3-11-24-14-18/h1-15,27H,(H,25,29). The summed E-state index contributed by atoms with van der Waals surface area (Å²) in [5, 5.41) is 9.52. The summed E-state index contributed by atoms with van der Waals surface area (Å²) in [4.78, 5) is 31.8. The number of aromatic hydroxyl groups is 1. The van der Waals surface area contributed by atoms with Crippen molar-refractivity contribution in [1.29, 1.82) is 0 Å². The van der Waals surface area contributed by atoms with Gasteiger partial charge in [-0.25, -0.2) is 4.79 Å². The molecule has 2 heterocycles. The lowest BCUT2D eigenvalue weighted by molar-refractivity contribution is 0.104. The first kappa shape index (κ1) is 18.2. The molecule has 0 atom stereocenters. The van der Waals surface area contributed by atoms with Gasteiger partial charge in [-0.05, 0) is 48.0 Å². The largest absolute Gasteiger partial charge is 0.508 e. The van der Waals surface area contributed by atoms with Crippen LogP contribution in [0.25, 0.3) is 23.0 Å². The van der Waals surface area contributed by atoms with E-state index in [0.29, 0.717) is 16.9 Å². The maximum atomic E-state index is 12.6. The average Bonchev–Trinajstić information content (AvgIpc) is 3.14. The number of carbonyl (C=O) groups is 1. The summed E-state index contributed by atoms with van der Waals surface area (Å²) in [5.74, 6) is -0.0712. The molecule has 29 heavy (non-hydrogen) atoms. The number of phenols is 1. The summed E-state index contributed by atoms with van der Waals surface area (Å²) in [6.07, 6.45) is 8.03. The number of hydrogen-bond donors (Lipinski definition) is 2. The smallest absolute Gasteiger partial charge is 0.330 e. The molecule has 0 saturated heterocycles. The van der Waals surface area contributed by atoms with E-state index in [1.54, 1.807) is 79.3 Å². The fourth-order valence-electron chi connectivity index (χ4n) is 3.05. The Bertz CT molecular complexity index is 1250. The summed E-state index contributed by atoms with van der Waals surface area (Å²) in [7, 11) is 0. The van der Waals surface area contributed by atoms with Crippen LogP contribution in [0.5, 0.6) is 5.75 Å². The van der Waals surface area contributed by atoms with Gasteiger partial charge in [-0.1, -0.05) is 30.3 Å². The third-order valence-corrected chi connectivity index (χ3v) is 4.42. The van der Waals surface area contributed by atoms with Crippen molar-refractivity contribution < 1.29 is 9.90 Å². The van der Waals surface area contributed by atoms with E-state index < -0.39 is 0 Å². The number of pyridine rings is 1. The van der Waals surface area contributed by atoms with Crippen LogP contribution in [0.2, 0.25) is 0 Å². The lowest BCUT2D eigenvalue weighted by atomic mass is 10.1. The molecule has 6 nitrogen and oxygen atoms in total. The second-order valence-electron chi connectivity index (χ2n) is 6.40. The van der Waals surface area contributed by atoms with E-state index in [4.69, 9.17) is 0 Å². The van der Waals surface area contributed by atoms with Crippen molar-refractivity contribution in [3.05, 3.63) is 107 Å². The number of nitrogens with zero attached hydrogens (tertiary/aromatic N) is 2. The topological polar surface area (TPSA) is 88.0 Å². The van der Waals surface area contributed by atoms with Gasteiger partial charge in [0.15, 0.2) is 5.78 Å². The Balaban J connectivity index is 1.68. The van der Waals surface area contributed by atoms with Gasteiger partial charge in [-0.2, -0.15) is 0 Å². The molecule has 0 unspecified atom stereocenters. The fourth-order valence-corrected chi connectivity index (χ4v) is 3.05. The van der Waals surface area contributed by atoms with Gasteiger partial charge in [0.05, 0.1) is 11.4 Å². The monoisotopic (exact) mass is 383 g/mol. The first-order valence-electron chi connectivity index (χ1n) is 8.94. The SMILES string of the molecule is O=C(C=Cc1cccc(O)c1)c1cccc(-n2c(-c3cccnc3)c[nH]c2=O)c1. The second kappa shape index (κ2) is 7.82. The molecule has 0 amide bonds. The predicted molar refractivity (Wildman–Crippen MR) is 111 cm³/mol. The van der Waals surface area contributed by atoms with E-state index in [2.05, 4.69) is 9.97 Å². The van der Waals surface area contributed by atoms with Crippen LogP contribution < -0.4 is 5.69 Å². The first-order chi connectivity index (χ1) is 14.1. The number of rotatable bonds is 5. The molecular weight excluding hydrogens is 366 g/mol. The normalized spacial score (nSPS) is 11.0. The van der Waals surface area contributed by atoms with E-state index in [-0.39, 0.29) is 17.2 Å². The van der Waals surface area contributed by atoms with Crippen molar-refractivity contribution in [3.8, 4) is 22.7 Å². The summed E-state index contributed by atoms with van der Waals surface area (Å²) in [6, 6.07) is 17.2. The lowest BCUT2D eigenvalue weighted by Gasteiger charge is -2.08. The highest BCUT2D eigenvalue weighted by Crippen LogP contribution is 2.21. The zero-order valence-electron chi connectivity index (χ0n) is 15.3. The molecule has 2 N–H and O–H groups in total. The molecule has 0 aliphatic carbocycles. The molecule has 2 aromatic carbocycles. The van der Waals surface area contributed by atoms with Crippen LogP contribution >= 0.6 is 0 Å². The predicted octanol–water partition coefficient (Wildman–Crippen LogP) is 3.83. The Morgan fingerprint density at radius 1 is 1.07 bits per heavy atom. The molecule has 2 aromatic heterocycles. The fraction of sp³-hybridized carbons (Fsp3) is 0. The van der Waals surface area contributed by atoms with Crippen molar-refractivity contribution >= 4 is 11.9 Å². The van der Waals surface area contributed by atoms with Crippen LogP contribution in [-0.4, -0.2) is 25.4 Å². The number of H-pyrrole nitrogens is 1. The molecule has 0 radical (unpaired) electrons. The average molecular weight is 383 g/mol.